The second kappa shape index (κ2) is 8.91. The van der Waals surface area contributed by atoms with E-state index >= 15 is 0 Å². The van der Waals surface area contributed by atoms with Crippen LogP contribution in [-0.2, 0) is 17.9 Å². The molecule has 5 nitrogen and oxygen atoms in total. The number of ether oxygens (including phenoxy) is 1. The highest BCUT2D eigenvalue weighted by atomic mass is 35.5. The number of hydrogen-bond donors (Lipinski definition) is 1. The molecule has 2 aromatic carbocycles. The number of para-hydroxylation sites is 2. The molecule has 0 atom stereocenters. The molecule has 6 heteroatoms. The summed E-state index contributed by atoms with van der Waals surface area (Å²) in [5.74, 6) is 1.67. The Hall–Kier alpha value is -2.53. The lowest BCUT2D eigenvalue weighted by Crippen LogP contribution is -2.24. The summed E-state index contributed by atoms with van der Waals surface area (Å²) in [6.07, 6.45) is 1.36. The molecule has 0 aliphatic heterocycles. The molecular weight excluding hydrogens is 362 g/mol. The molecule has 0 saturated heterocycles. The molecule has 1 aromatic heterocycles. The number of rotatable bonds is 8. The third-order valence-electron chi connectivity index (χ3n) is 4.37. The Morgan fingerprint density at radius 1 is 1.26 bits per heavy atom. The van der Waals surface area contributed by atoms with Crippen molar-refractivity contribution >= 4 is 28.5 Å². The first-order chi connectivity index (χ1) is 13.1. The van der Waals surface area contributed by atoms with Crippen molar-refractivity contribution in [3.63, 3.8) is 0 Å². The Labute approximate surface area is 164 Å². The number of carbonyl (C=O) groups is 1. The third kappa shape index (κ3) is 4.80. The molecule has 3 rings (SSSR count). The number of hydrogen-bond acceptors (Lipinski definition) is 3. The van der Waals surface area contributed by atoms with Crippen molar-refractivity contribution in [2.24, 2.45) is 0 Å². The van der Waals surface area contributed by atoms with Crippen LogP contribution in [0, 0.1) is 6.92 Å². The Morgan fingerprint density at radius 2 is 2.07 bits per heavy atom. The lowest BCUT2D eigenvalue weighted by atomic mass is 10.2. The van der Waals surface area contributed by atoms with Gasteiger partial charge in [0.1, 0.15) is 18.2 Å². The van der Waals surface area contributed by atoms with Gasteiger partial charge in [-0.05, 0) is 49.2 Å². The highest BCUT2D eigenvalue weighted by Gasteiger charge is 2.11. The maximum atomic E-state index is 11.8. The van der Waals surface area contributed by atoms with Gasteiger partial charge in [0.05, 0.1) is 24.1 Å². The van der Waals surface area contributed by atoms with Gasteiger partial charge in [-0.1, -0.05) is 30.7 Å². The summed E-state index contributed by atoms with van der Waals surface area (Å²) in [6, 6.07) is 13.6. The lowest BCUT2D eigenvalue weighted by Gasteiger charge is -2.12. The van der Waals surface area contributed by atoms with E-state index in [1.165, 1.54) is 0 Å². The predicted octanol–water partition coefficient (Wildman–Crippen LogP) is 4.49. The maximum absolute atomic E-state index is 11.8. The molecule has 0 radical (unpaired) electrons. The molecule has 0 saturated carbocycles. The first kappa shape index (κ1) is 19.2. The summed E-state index contributed by atoms with van der Waals surface area (Å²) in [4.78, 5) is 16.5. The fraction of sp³-hybridized carbons (Fsp3) is 0.333. The van der Waals surface area contributed by atoms with Gasteiger partial charge in [-0.2, -0.15) is 0 Å². The number of carbonyl (C=O) groups excluding carboxylic acids is 1. The Bertz CT molecular complexity index is 936. The topological polar surface area (TPSA) is 56.2 Å². The van der Waals surface area contributed by atoms with Crippen LogP contribution in [0.25, 0.3) is 11.0 Å². The molecule has 1 amide bonds. The van der Waals surface area contributed by atoms with E-state index in [0.717, 1.165) is 39.6 Å². The van der Waals surface area contributed by atoms with Gasteiger partial charge >= 0.3 is 0 Å². The normalized spacial score (nSPS) is 10.9. The van der Waals surface area contributed by atoms with Gasteiger partial charge in [-0.3, -0.25) is 4.79 Å². The fourth-order valence-corrected chi connectivity index (χ4v) is 3.08. The third-order valence-corrected chi connectivity index (χ3v) is 4.79. The molecule has 0 fully saturated rings. The summed E-state index contributed by atoms with van der Waals surface area (Å²) in [7, 11) is 0. The zero-order valence-corrected chi connectivity index (χ0v) is 16.4. The molecule has 0 aliphatic carbocycles. The minimum absolute atomic E-state index is 0.0454. The Morgan fingerprint density at radius 3 is 2.85 bits per heavy atom. The first-order valence-electron chi connectivity index (χ1n) is 9.18. The summed E-state index contributed by atoms with van der Waals surface area (Å²) in [5.41, 5.74) is 2.94. The fourth-order valence-electron chi connectivity index (χ4n) is 2.96. The minimum atomic E-state index is 0.0454. The van der Waals surface area contributed by atoms with Gasteiger partial charge in [0, 0.05) is 11.4 Å². The van der Waals surface area contributed by atoms with Crippen molar-refractivity contribution in [1.29, 1.82) is 0 Å². The highest BCUT2D eigenvalue weighted by Crippen LogP contribution is 2.21. The molecule has 0 bridgehead atoms. The van der Waals surface area contributed by atoms with Crippen LogP contribution in [0.4, 0.5) is 0 Å². The number of nitrogens with zero attached hydrogens (tertiary/aromatic N) is 2. The number of nitrogens with one attached hydrogen (secondary N) is 1. The first-order valence-corrected chi connectivity index (χ1v) is 9.56. The lowest BCUT2D eigenvalue weighted by molar-refractivity contribution is -0.121. The highest BCUT2D eigenvalue weighted by molar-refractivity contribution is 6.31. The maximum Gasteiger partial charge on any atom is 0.220 e. The number of aromatic nitrogens is 2. The number of benzene rings is 2. The van der Waals surface area contributed by atoms with Crippen LogP contribution < -0.4 is 10.1 Å². The second-order valence-electron chi connectivity index (χ2n) is 6.45. The largest absolute Gasteiger partial charge is 0.492 e. The average Bonchev–Trinajstić information content (AvgIpc) is 3.01. The van der Waals surface area contributed by atoms with E-state index in [9.17, 15) is 4.79 Å². The van der Waals surface area contributed by atoms with Crippen LogP contribution in [0.3, 0.4) is 0 Å². The summed E-state index contributed by atoms with van der Waals surface area (Å²) >= 11 is 6.06. The number of fused-ring (bicyclic) bond motifs is 1. The zero-order valence-electron chi connectivity index (χ0n) is 15.7. The van der Waals surface area contributed by atoms with E-state index in [2.05, 4.69) is 14.9 Å². The molecule has 0 spiro atoms. The molecule has 142 valence electrons. The average molecular weight is 386 g/mol. The minimum Gasteiger partial charge on any atom is -0.492 e. The quantitative estimate of drug-likeness (QED) is 0.621. The van der Waals surface area contributed by atoms with Gasteiger partial charge < -0.3 is 14.6 Å². The van der Waals surface area contributed by atoms with Crippen molar-refractivity contribution in [2.75, 3.05) is 6.61 Å². The number of halogens is 1. The SMILES string of the molecule is CCCC(=O)NCc1nc2ccccc2n1CCOc1ccc(Cl)c(C)c1. The molecule has 0 aliphatic rings. The van der Waals surface area contributed by atoms with E-state index in [1.54, 1.807) is 0 Å². The van der Waals surface area contributed by atoms with Crippen LogP contribution in [0.1, 0.15) is 31.2 Å². The van der Waals surface area contributed by atoms with E-state index in [-0.39, 0.29) is 5.91 Å². The van der Waals surface area contributed by atoms with E-state index in [4.69, 9.17) is 16.3 Å². The molecular formula is C21H24ClN3O2. The molecule has 0 unspecified atom stereocenters. The second-order valence-corrected chi connectivity index (χ2v) is 6.86. The summed E-state index contributed by atoms with van der Waals surface area (Å²) in [5, 5.41) is 3.67. The molecule has 27 heavy (non-hydrogen) atoms. The van der Waals surface area contributed by atoms with Crippen molar-refractivity contribution in [1.82, 2.24) is 14.9 Å². The monoisotopic (exact) mass is 385 g/mol. The van der Waals surface area contributed by atoms with Gasteiger partial charge in [0.15, 0.2) is 0 Å². The van der Waals surface area contributed by atoms with E-state index in [1.807, 2.05) is 56.3 Å². The smallest absolute Gasteiger partial charge is 0.220 e. The number of imidazole rings is 1. The van der Waals surface area contributed by atoms with Gasteiger partial charge in [-0.25, -0.2) is 4.98 Å². The summed E-state index contributed by atoms with van der Waals surface area (Å²) < 4.78 is 7.99. The van der Waals surface area contributed by atoms with Crippen LogP contribution >= 0.6 is 11.6 Å². The number of aryl methyl sites for hydroxylation is 1. The standard InChI is InChI=1S/C21H24ClN3O2/c1-3-6-21(26)23-14-20-24-18-7-4-5-8-19(18)25(20)11-12-27-16-9-10-17(22)15(2)13-16/h4-5,7-10,13H,3,6,11-12,14H2,1-2H3,(H,23,26). The van der Waals surface area contributed by atoms with Gasteiger partial charge in [0.2, 0.25) is 5.91 Å². The van der Waals surface area contributed by atoms with E-state index in [0.29, 0.717) is 26.1 Å². The van der Waals surface area contributed by atoms with Gasteiger partial charge in [0.25, 0.3) is 0 Å². The van der Waals surface area contributed by atoms with Crippen LogP contribution in [0.2, 0.25) is 5.02 Å². The van der Waals surface area contributed by atoms with Crippen molar-refractivity contribution in [2.45, 2.75) is 39.8 Å². The number of amides is 1. The zero-order chi connectivity index (χ0) is 19.2. The summed E-state index contributed by atoms with van der Waals surface area (Å²) in [6.45, 7) is 5.49. The molecule has 1 N–H and O–H groups in total. The van der Waals surface area contributed by atoms with Crippen molar-refractivity contribution in [3.8, 4) is 5.75 Å². The predicted molar refractivity (Wildman–Crippen MR) is 108 cm³/mol. The van der Waals surface area contributed by atoms with E-state index < -0.39 is 0 Å². The van der Waals surface area contributed by atoms with Crippen molar-refractivity contribution in [3.05, 3.63) is 58.9 Å². The van der Waals surface area contributed by atoms with Crippen molar-refractivity contribution < 1.29 is 9.53 Å². The van der Waals surface area contributed by atoms with Crippen LogP contribution in [0.15, 0.2) is 42.5 Å². The van der Waals surface area contributed by atoms with Crippen LogP contribution in [-0.4, -0.2) is 22.1 Å². The van der Waals surface area contributed by atoms with Crippen LogP contribution in [0.5, 0.6) is 5.75 Å². The Kier molecular flexibility index (Phi) is 6.35. The molecule has 1 heterocycles. The molecule has 3 aromatic rings. The Balaban J connectivity index is 1.72. The van der Waals surface area contributed by atoms with Gasteiger partial charge in [-0.15, -0.1) is 0 Å².